The van der Waals surface area contributed by atoms with Crippen LogP contribution >= 0.6 is 0 Å². The quantitative estimate of drug-likeness (QED) is 0.257. The molecule has 2 amide bonds. The molecule has 1 aliphatic carbocycles. The average molecular weight is 533 g/mol. The number of anilines is 3. The number of benzene rings is 1. The Morgan fingerprint density at radius 3 is 2.59 bits per heavy atom. The summed E-state index contributed by atoms with van der Waals surface area (Å²) >= 11 is 0. The lowest BCUT2D eigenvalue weighted by molar-refractivity contribution is 0.262. The fourth-order valence-electron chi connectivity index (χ4n) is 4.86. The molecule has 1 aromatic carbocycles. The van der Waals surface area contributed by atoms with Gasteiger partial charge in [-0.1, -0.05) is 19.9 Å². The Morgan fingerprint density at radius 2 is 1.92 bits per heavy atom. The maximum absolute atomic E-state index is 15.5. The lowest BCUT2D eigenvalue weighted by Crippen LogP contribution is -2.26. The van der Waals surface area contributed by atoms with Crippen LogP contribution in [-0.4, -0.2) is 38.5 Å². The first-order valence-corrected chi connectivity index (χ1v) is 12.8. The van der Waals surface area contributed by atoms with Gasteiger partial charge in [-0.2, -0.15) is 0 Å². The van der Waals surface area contributed by atoms with Crippen molar-refractivity contribution in [1.29, 1.82) is 0 Å². The standard InChI is InChI=1S/C28H30F2N8O/c1-15(2)27-37-24(25-26(31)34-14-23(38(25)27)16-4-6-18(32-3)7-5-16)21-9-8-19(11-22(21)30)35-28(39)36-20-10-17(29)12-33-13-20/h4,8-15,18,32H,5-7H2,1-3H3,(H2,31,34)(H2,35,36,39). The summed E-state index contributed by atoms with van der Waals surface area (Å²) in [5.74, 6) is -0.136. The van der Waals surface area contributed by atoms with Crippen LogP contribution in [0.2, 0.25) is 0 Å². The number of hydrogen-bond acceptors (Lipinski definition) is 6. The zero-order chi connectivity index (χ0) is 27.7. The first kappa shape index (κ1) is 26.2. The first-order chi connectivity index (χ1) is 18.7. The summed E-state index contributed by atoms with van der Waals surface area (Å²) in [6.07, 6.45) is 9.09. The highest BCUT2D eigenvalue weighted by Crippen LogP contribution is 2.37. The van der Waals surface area contributed by atoms with Crippen molar-refractivity contribution in [2.24, 2.45) is 0 Å². The van der Waals surface area contributed by atoms with Gasteiger partial charge in [0.15, 0.2) is 0 Å². The highest BCUT2D eigenvalue weighted by atomic mass is 19.1. The van der Waals surface area contributed by atoms with Crippen molar-refractivity contribution in [3.05, 3.63) is 72.1 Å². The third-order valence-corrected chi connectivity index (χ3v) is 6.82. The number of carbonyl (C=O) groups excluding carboxylic acids is 1. The number of nitrogen functional groups attached to an aromatic ring is 1. The van der Waals surface area contributed by atoms with Crippen molar-refractivity contribution in [3.8, 4) is 11.3 Å². The molecule has 11 heteroatoms. The molecule has 3 heterocycles. The summed E-state index contributed by atoms with van der Waals surface area (Å²) in [6.45, 7) is 4.06. The topological polar surface area (TPSA) is 122 Å². The first-order valence-electron chi connectivity index (χ1n) is 12.8. The number of nitrogens with zero attached hydrogens (tertiary/aromatic N) is 4. The predicted octanol–water partition coefficient (Wildman–Crippen LogP) is 5.57. The van der Waals surface area contributed by atoms with Gasteiger partial charge in [-0.25, -0.2) is 23.5 Å². The zero-order valence-electron chi connectivity index (χ0n) is 21.9. The maximum atomic E-state index is 15.5. The number of urea groups is 1. The molecule has 5 N–H and O–H groups in total. The van der Waals surface area contributed by atoms with Gasteiger partial charge in [0.25, 0.3) is 0 Å². The average Bonchev–Trinajstić information content (AvgIpc) is 3.31. The molecule has 1 atom stereocenters. The van der Waals surface area contributed by atoms with E-state index in [1.54, 1.807) is 18.3 Å². The monoisotopic (exact) mass is 532 g/mol. The van der Waals surface area contributed by atoms with Gasteiger partial charge in [-0.3, -0.25) is 9.38 Å². The molecule has 3 aromatic heterocycles. The van der Waals surface area contributed by atoms with Crippen LogP contribution in [0.5, 0.6) is 0 Å². The van der Waals surface area contributed by atoms with E-state index in [1.165, 1.54) is 12.3 Å². The summed E-state index contributed by atoms with van der Waals surface area (Å²) in [5, 5.41) is 8.33. The number of fused-ring (bicyclic) bond motifs is 1. The van der Waals surface area contributed by atoms with Crippen LogP contribution in [0, 0.1) is 11.6 Å². The third kappa shape index (κ3) is 5.30. The Kier molecular flexibility index (Phi) is 7.25. The third-order valence-electron chi connectivity index (χ3n) is 6.82. The minimum absolute atomic E-state index is 0.0334. The maximum Gasteiger partial charge on any atom is 0.323 e. The zero-order valence-corrected chi connectivity index (χ0v) is 21.9. The van der Waals surface area contributed by atoms with E-state index < -0.39 is 17.7 Å². The van der Waals surface area contributed by atoms with Crippen LogP contribution in [-0.2, 0) is 0 Å². The van der Waals surface area contributed by atoms with Gasteiger partial charge in [-0.15, -0.1) is 0 Å². The number of allylic oxidation sites excluding steroid dienone is 1. The molecule has 0 spiro atoms. The van der Waals surface area contributed by atoms with Crippen molar-refractivity contribution in [3.63, 3.8) is 0 Å². The highest BCUT2D eigenvalue weighted by molar-refractivity contribution is 6.00. The van der Waals surface area contributed by atoms with E-state index in [2.05, 4.69) is 32.0 Å². The fourth-order valence-corrected chi connectivity index (χ4v) is 4.86. The summed E-state index contributed by atoms with van der Waals surface area (Å²) in [7, 11) is 1.97. The summed E-state index contributed by atoms with van der Waals surface area (Å²) in [6, 6.07) is 5.21. The second-order valence-electron chi connectivity index (χ2n) is 9.84. The van der Waals surface area contributed by atoms with Crippen molar-refractivity contribution in [2.45, 2.75) is 45.1 Å². The van der Waals surface area contributed by atoms with E-state index in [0.29, 0.717) is 17.3 Å². The van der Waals surface area contributed by atoms with Crippen molar-refractivity contribution in [1.82, 2.24) is 24.7 Å². The van der Waals surface area contributed by atoms with Crippen molar-refractivity contribution < 1.29 is 13.6 Å². The predicted molar refractivity (Wildman–Crippen MR) is 148 cm³/mol. The van der Waals surface area contributed by atoms with Crippen LogP contribution < -0.4 is 21.7 Å². The summed E-state index contributed by atoms with van der Waals surface area (Å²) in [4.78, 5) is 25.3. The number of imidazole rings is 1. The number of hydrogen-bond donors (Lipinski definition) is 4. The molecule has 0 aliphatic heterocycles. The Balaban J connectivity index is 1.50. The Hall–Kier alpha value is -4.38. The number of carbonyl (C=O) groups is 1. The Labute approximate surface area is 224 Å². The van der Waals surface area contributed by atoms with Crippen LogP contribution in [0.15, 0.2) is 48.9 Å². The van der Waals surface area contributed by atoms with E-state index in [1.807, 2.05) is 25.3 Å². The molecule has 0 bridgehead atoms. The van der Waals surface area contributed by atoms with Gasteiger partial charge in [0, 0.05) is 29.3 Å². The summed E-state index contributed by atoms with van der Waals surface area (Å²) in [5.41, 5.74) is 9.96. The summed E-state index contributed by atoms with van der Waals surface area (Å²) < 4.78 is 30.9. The minimum Gasteiger partial charge on any atom is -0.382 e. The van der Waals surface area contributed by atoms with Crippen LogP contribution in [0.4, 0.5) is 30.8 Å². The Bertz CT molecular complexity index is 1580. The van der Waals surface area contributed by atoms with Gasteiger partial charge >= 0.3 is 6.03 Å². The smallest absolute Gasteiger partial charge is 0.323 e. The number of halogens is 2. The number of amides is 2. The molecular formula is C28H30F2N8O. The van der Waals surface area contributed by atoms with Gasteiger partial charge in [0.2, 0.25) is 0 Å². The number of nitrogens with one attached hydrogen (secondary N) is 3. The molecule has 1 unspecified atom stereocenters. The van der Waals surface area contributed by atoms with Gasteiger partial charge in [-0.05, 0) is 50.1 Å². The molecule has 0 fully saturated rings. The van der Waals surface area contributed by atoms with Gasteiger partial charge in [0.1, 0.15) is 34.5 Å². The van der Waals surface area contributed by atoms with E-state index in [0.717, 1.165) is 48.6 Å². The molecule has 0 radical (unpaired) electrons. The lowest BCUT2D eigenvalue weighted by atomic mass is 9.93. The number of pyridine rings is 1. The Morgan fingerprint density at radius 1 is 1.13 bits per heavy atom. The lowest BCUT2D eigenvalue weighted by Gasteiger charge is -2.22. The normalized spacial score (nSPS) is 15.4. The number of rotatable bonds is 6. The molecular weight excluding hydrogens is 502 g/mol. The van der Waals surface area contributed by atoms with E-state index in [4.69, 9.17) is 10.7 Å². The molecule has 5 rings (SSSR count). The molecule has 202 valence electrons. The number of nitrogens with two attached hydrogens (primary N) is 1. The largest absolute Gasteiger partial charge is 0.382 e. The highest BCUT2D eigenvalue weighted by Gasteiger charge is 2.25. The minimum atomic E-state index is -0.663. The second kappa shape index (κ2) is 10.8. The molecule has 4 aromatic rings. The van der Waals surface area contributed by atoms with Crippen LogP contribution in [0.1, 0.15) is 50.5 Å². The van der Waals surface area contributed by atoms with Gasteiger partial charge < -0.3 is 21.7 Å². The molecule has 0 saturated heterocycles. The SMILES string of the molecule is CNC1CC=C(c2cnc(N)c3c(-c4ccc(NC(=O)Nc5cncc(F)c5)cc4F)nc(C(C)C)n23)CC1. The molecule has 0 saturated carbocycles. The van der Waals surface area contributed by atoms with Crippen molar-refractivity contribution >= 4 is 34.3 Å². The molecule has 39 heavy (non-hydrogen) atoms. The van der Waals surface area contributed by atoms with E-state index >= 15 is 4.39 Å². The second-order valence-corrected chi connectivity index (χ2v) is 9.84. The van der Waals surface area contributed by atoms with E-state index in [-0.39, 0.29) is 28.7 Å². The van der Waals surface area contributed by atoms with Crippen LogP contribution in [0.25, 0.3) is 22.3 Å². The van der Waals surface area contributed by atoms with Crippen molar-refractivity contribution in [2.75, 3.05) is 23.4 Å². The number of aromatic nitrogens is 4. The van der Waals surface area contributed by atoms with Gasteiger partial charge in [0.05, 0.1) is 30.0 Å². The molecule has 1 aliphatic rings. The fraction of sp³-hybridized carbons (Fsp3) is 0.286. The van der Waals surface area contributed by atoms with Crippen LogP contribution in [0.3, 0.4) is 0 Å². The van der Waals surface area contributed by atoms with E-state index in [9.17, 15) is 9.18 Å². The molecule has 9 nitrogen and oxygen atoms in total.